The summed E-state index contributed by atoms with van der Waals surface area (Å²) in [6, 6.07) is 15.2. The number of benzene rings is 2. The largest absolute Gasteiger partial charge is 0.386 e. The van der Waals surface area contributed by atoms with Gasteiger partial charge in [-0.1, -0.05) is 59.8 Å². The highest BCUT2D eigenvalue weighted by molar-refractivity contribution is 5.58. The molecule has 2 fully saturated rings. The van der Waals surface area contributed by atoms with Crippen LogP contribution in [0.25, 0.3) is 11.3 Å². The summed E-state index contributed by atoms with van der Waals surface area (Å²) in [6.45, 7) is 9.43. The van der Waals surface area contributed by atoms with Crippen molar-refractivity contribution in [3.05, 3.63) is 83.1 Å². The molecule has 1 heterocycles. The van der Waals surface area contributed by atoms with Gasteiger partial charge in [0.2, 0.25) is 0 Å². The van der Waals surface area contributed by atoms with Gasteiger partial charge >= 0.3 is 0 Å². The predicted molar refractivity (Wildman–Crippen MR) is 122 cm³/mol. The van der Waals surface area contributed by atoms with Gasteiger partial charge in [-0.15, -0.1) is 5.10 Å². The van der Waals surface area contributed by atoms with Crippen molar-refractivity contribution in [1.29, 1.82) is 0 Å². The first kappa shape index (κ1) is 19.0. The van der Waals surface area contributed by atoms with Gasteiger partial charge < -0.3 is 5.11 Å². The second-order valence-electron chi connectivity index (χ2n) is 10.1. The number of hydrogen-bond donors (Lipinski definition) is 1. The van der Waals surface area contributed by atoms with E-state index in [1.54, 1.807) is 0 Å². The highest BCUT2D eigenvalue weighted by Gasteiger charge is 2.64. The molecule has 6 rings (SSSR count). The fourth-order valence-corrected chi connectivity index (χ4v) is 6.91. The molecule has 1 aromatic heterocycles. The Bertz CT molecular complexity index is 1190. The molecule has 1 spiro atoms. The molecule has 4 atom stereocenters. The number of rotatable bonds is 3. The minimum atomic E-state index is -0.694. The van der Waals surface area contributed by atoms with Crippen LogP contribution in [0.4, 0.5) is 0 Å². The summed E-state index contributed by atoms with van der Waals surface area (Å²) >= 11 is 0. The highest BCUT2D eigenvalue weighted by Crippen LogP contribution is 2.71. The summed E-state index contributed by atoms with van der Waals surface area (Å²) in [5.41, 5.74) is 7.93. The summed E-state index contributed by atoms with van der Waals surface area (Å²) < 4.78 is 2.02. The van der Waals surface area contributed by atoms with E-state index >= 15 is 0 Å². The number of aromatic nitrogens is 3. The van der Waals surface area contributed by atoms with Crippen molar-refractivity contribution in [3.8, 4) is 11.3 Å². The Kier molecular flexibility index (Phi) is 3.92. The lowest BCUT2D eigenvalue weighted by Crippen LogP contribution is -2.39. The van der Waals surface area contributed by atoms with Crippen LogP contribution < -0.4 is 0 Å². The number of hydrogen-bond acceptors (Lipinski definition) is 3. The average molecular weight is 412 g/mol. The second kappa shape index (κ2) is 6.39. The maximum atomic E-state index is 11.3. The fourth-order valence-electron chi connectivity index (χ4n) is 6.91. The first-order chi connectivity index (χ1) is 14.9. The van der Waals surface area contributed by atoms with Crippen LogP contribution in [0, 0.1) is 19.3 Å². The van der Waals surface area contributed by atoms with Crippen molar-refractivity contribution in [2.75, 3.05) is 0 Å². The maximum absolute atomic E-state index is 11.3. The Balaban J connectivity index is 1.41. The first-order valence-corrected chi connectivity index (χ1v) is 11.4. The molecule has 0 aliphatic heterocycles. The minimum absolute atomic E-state index is 0.0362. The number of nitrogens with zero attached hydrogens (tertiary/aromatic N) is 3. The Morgan fingerprint density at radius 2 is 1.97 bits per heavy atom. The van der Waals surface area contributed by atoms with Gasteiger partial charge in [0, 0.05) is 11.5 Å². The van der Waals surface area contributed by atoms with E-state index in [9.17, 15) is 5.11 Å². The molecule has 3 aromatic rings. The topological polar surface area (TPSA) is 50.9 Å². The third kappa shape index (κ3) is 2.64. The number of aryl methyl sites for hydroxylation is 2. The van der Waals surface area contributed by atoms with Crippen LogP contribution in [0.2, 0.25) is 0 Å². The Labute approximate surface area is 183 Å². The monoisotopic (exact) mass is 411 g/mol. The van der Waals surface area contributed by atoms with Crippen molar-refractivity contribution in [1.82, 2.24) is 15.0 Å². The van der Waals surface area contributed by atoms with Crippen LogP contribution in [-0.4, -0.2) is 25.7 Å². The molecular formula is C27H29N3O. The Hall–Kier alpha value is -2.72. The van der Waals surface area contributed by atoms with Gasteiger partial charge in [0.1, 0.15) is 5.69 Å². The highest BCUT2D eigenvalue weighted by atomic mass is 16.3. The van der Waals surface area contributed by atoms with Gasteiger partial charge in [0.15, 0.2) is 0 Å². The van der Waals surface area contributed by atoms with Gasteiger partial charge in [-0.25, -0.2) is 0 Å². The van der Waals surface area contributed by atoms with E-state index in [1.807, 2.05) is 4.68 Å². The van der Waals surface area contributed by atoms with E-state index in [0.29, 0.717) is 11.8 Å². The van der Waals surface area contributed by atoms with E-state index in [4.69, 9.17) is 0 Å². The van der Waals surface area contributed by atoms with Crippen molar-refractivity contribution < 1.29 is 5.11 Å². The maximum Gasteiger partial charge on any atom is 0.113 e. The van der Waals surface area contributed by atoms with Crippen LogP contribution in [-0.2, 0) is 6.54 Å². The minimum Gasteiger partial charge on any atom is -0.386 e. The molecule has 0 saturated heterocycles. The molecule has 3 aliphatic carbocycles. The average Bonchev–Trinajstić information content (AvgIpc) is 3.36. The second-order valence-corrected chi connectivity index (χ2v) is 10.1. The molecule has 2 saturated carbocycles. The van der Waals surface area contributed by atoms with Crippen LogP contribution >= 0.6 is 0 Å². The van der Waals surface area contributed by atoms with Crippen LogP contribution in [0.5, 0.6) is 0 Å². The zero-order chi connectivity index (χ0) is 21.4. The number of aliphatic hydroxyl groups is 1. The van der Waals surface area contributed by atoms with E-state index in [0.717, 1.165) is 49.1 Å². The molecule has 4 heteroatoms. The Morgan fingerprint density at radius 1 is 1.16 bits per heavy atom. The molecule has 0 unspecified atom stereocenters. The van der Waals surface area contributed by atoms with Gasteiger partial charge in [-0.3, -0.25) is 4.68 Å². The summed E-state index contributed by atoms with van der Waals surface area (Å²) in [5.74, 6) is 0.805. The lowest BCUT2D eigenvalue weighted by Gasteiger charge is -2.42. The van der Waals surface area contributed by atoms with E-state index in [1.165, 1.54) is 22.3 Å². The van der Waals surface area contributed by atoms with Gasteiger partial charge in [-0.2, -0.15) is 0 Å². The quantitative estimate of drug-likeness (QED) is 0.595. The summed E-state index contributed by atoms with van der Waals surface area (Å²) in [4.78, 5) is 0. The zero-order valence-electron chi connectivity index (χ0n) is 18.3. The van der Waals surface area contributed by atoms with Crippen molar-refractivity contribution in [2.24, 2.45) is 5.41 Å². The SMILES string of the molecule is C=C1C[C@]23C[C@@]1(O)CC[C@H]2c1cccc(C)c1[C@@H]3Cn1cc(-c2ccc(C)cc2)nn1. The van der Waals surface area contributed by atoms with E-state index in [2.05, 4.69) is 79.4 Å². The molecule has 2 aromatic carbocycles. The smallest absolute Gasteiger partial charge is 0.113 e. The third-order valence-corrected chi connectivity index (χ3v) is 8.39. The standard InChI is InChI=1S/C27H29N3O/c1-17-7-9-20(10-8-17)24-15-30(29-28-24)14-23-25-18(2)5-4-6-21(25)22-11-12-27(31)16-26(22,23)13-19(27)3/h4-10,15,22-23,31H,3,11-14,16H2,1-2H3/t22-,23-,26-,27-/m0/s1. The van der Waals surface area contributed by atoms with Crippen molar-refractivity contribution in [3.63, 3.8) is 0 Å². The van der Waals surface area contributed by atoms with Crippen LogP contribution in [0.15, 0.2) is 60.8 Å². The molecule has 1 N–H and O–H groups in total. The fraction of sp³-hybridized carbons (Fsp3) is 0.407. The molecule has 0 radical (unpaired) electrons. The van der Waals surface area contributed by atoms with Gasteiger partial charge in [0.25, 0.3) is 0 Å². The predicted octanol–water partition coefficient (Wildman–Crippen LogP) is 5.30. The summed E-state index contributed by atoms with van der Waals surface area (Å²) in [6.07, 6.45) is 5.67. The van der Waals surface area contributed by atoms with Gasteiger partial charge in [0.05, 0.1) is 18.3 Å². The lowest BCUT2D eigenvalue weighted by molar-refractivity contribution is 0.00371. The van der Waals surface area contributed by atoms with Crippen molar-refractivity contribution in [2.45, 2.75) is 63.5 Å². The summed E-state index contributed by atoms with van der Waals surface area (Å²) in [5, 5.41) is 20.3. The molecule has 0 amide bonds. The van der Waals surface area contributed by atoms with E-state index in [-0.39, 0.29) is 5.41 Å². The molecular weight excluding hydrogens is 382 g/mol. The molecule has 31 heavy (non-hydrogen) atoms. The zero-order valence-corrected chi connectivity index (χ0v) is 18.3. The normalized spacial score (nSPS) is 31.0. The van der Waals surface area contributed by atoms with Crippen molar-refractivity contribution >= 4 is 0 Å². The summed E-state index contributed by atoms with van der Waals surface area (Å²) in [7, 11) is 0. The third-order valence-electron chi connectivity index (χ3n) is 8.39. The lowest BCUT2D eigenvalue weighted by atomic mass is 9.63. The first-order valence-electron chi connectivity index (χ1n) is 11.4. The number of fused-ring (bicyclic) bond motifs is 3. The van der Waals surface area contributed by atoms with Crippen LogP contribution in [0.1, 0.15) is 59.8 Å². The molecule has 2 bridgehead atoms. The van der Waals surface area contributed by atoms with E-state index < -0.39 is 5.60 Å². The Morgan fingerprint density at radius 3 is 2.77 bits per heavy atom. The molecule has 4 nitrogen and oxygen atoms in total. The molecule has 158 valence electrons. The van der Waals surface area contributed by atoms with Gasteiger partial charge in [-0.05, 0) is 73.1 Å². The van der Waals surface area contributed by atoms with Crippen LogP contribution in [0.3, 0.4) is 0 Å². The molecule has 3 aliphatic rings.